The first kappa shape index (κ1) is 23.7. The molecule has 1 amide bonds. The van der Waals surface area contributed by atoms with E-state index in [2.05, 4.69) is 26.5 Å². The maximum atomic E-state index is 12.4. The lowest BCUT2D eigenvalue weighted by atomic mass is 10.1. The standard InChI is InChI=1S/C20H24BrN3O5S/c1-13-7-6-8-14(2)19(13)24(30(5,26)27)12-18(25)23-22-11-15-9-16(21)20(29-4)17(10-15)28-3/h6-11H,12H2,1-5H3,(H,23,25)/b22-11-. The number of ether oxygens (including phenoxy) is 2. The molecule has 2 rings (SSSR count). The van der Waals surface area contributed by atoms with Crippen LogP contribution >= 0.6 is 15.9 Å². The van der Waals surface area contributed by atoms with Crippen LogP contribution in [0.5, 0.6) is 11.5 Å². The largest absolute Gasteiger partial charge is 0.493 e. The predicted molar refractivity (Wildman–Crippen MR) is 121 cm³/mol. The third-order valence-corrected chi connectivity index (χ3v) is 5.94. The summed E-state index contributed by atoms with van der Waals surface area (Å²) in [5, 5.41) is 3.92. The van der Waals surface area contributed by atoms with Gasteiger partial charge in [-0.15, -0.1) is 0 Å². The number of para-hydroxylation sites is 1. The zero-order valence-corrected chi connectivity index (χ0v) is 19.8. The summed E-state index contributed by atoms with van der Waals surface area (Å²) < 4.78 is 36.9. The Bertz CT molecular complexity index is 1050. The SMILES string of the molecule is COc1cc(/C=N\NC(=O)CN(c2c(C)cccc2C)S(C)(=O)=O)cc(Br)c1OC. The van der Waals surface area contributed by atoms with E-state index in [1.807, 2.05) is 6.07 Å². The van der Waals surface area contributed by atoms with Crippen molar-refractivity contribution in [3.05, 3.63) is 51.5 Å². The summed E-state index contributed by atoms with van der Waals surface area (Å²) in [5.74, 6) is 0.466. The highest BCUT2D eigenvalue weighted by molar-refractivity contribution is 9.10. The summed E-state index contributed by atoms with van der Waals surface area (Å²) in [6, 6.07) is 8.87. The predicted octanol–water partition coefficient (Wildman–Crippen LogP) is 3.00. The van der Waals surface area contributed by atoms with Gasteiger partial charge >= 0.3 is 0 Å². The van der Waals surface area contributed by atoms with Crippen LogP contribution in [0.25, 0.3) is 0 Å². The first-order chi connectivity index (χ1) is 14.1. The van der Waals surface area contributed by atoms with E-state index in [1.165, 1.54) is 20.4 Å². The lowest BCUT2D eigenvalue weighted by molar-refractivity contribution is -0.119. The summed E-state index contributed by atoms with van der Waals surface area (Å²) in [6.45, 7) is 3.20. The minimum atomic E-state index is -3.67. The van der Waals surface area contributed by atoms with Crippen molar-refractivity contribution in [2.24, 2.45) is 5.10 Å². The van der Waals surface area contributed by atoms with Crippen molar-refractivity contribution in [2.45, 2.75) is 13.8 Å². The number of hydrazone groups is 1. The number of rotatable bonds is 8. The highest BCUT2D eigenvalue weighted by atomic mass is 79.9. The molecule has 2 aromatic rings. The Hall–Kier alpha value is -2.59. The molecular formula is C20H24BrN3O5S. The molecule has 1 N–H and O–H groups in total. The van der Waals surface area contributed by atoms with Crippen LogP contribution in [0, 0.1) is 13.8 Å². The van der Waals surface area contributed by atoms with Gasteiger partial charge in [-0.2, -0.15) is 5.10 Å². The number of aryl methyl sites for hydroxylation is 2. The fraction of sp³-hybridized carbons (Fsp3) is 0.300. The number of amides is 1. The zero-order valence-electron chi connectivity index (χ0n) is 17.4. The molecule has 0 saturated heterocycles. The van der Waals surface area contributed by atoms with Gasteiger partial charge in [-0.25, -0.2) is 13.8 Å². The third kappa shape index (κ3) is 5.73. The van der Waals surface area contributed by atoms with Crippen molar-refractivity contribution in [2.75, 3.05) is 31.3 Å². The molecule has 162 valence electrons. The minimum Gasteiger partial charge on any atom is -0.493 e. The van der Waals surface area contributed by atoms with Crippen molar-refractivity contribution >= 4 is 43.8 Å². The molecule has 30 heavy (non-hydrogen) atoms. The highest BCUT2D eigenvalue weighted by Gasteiger charge is 2.23. The second-order valence-electron chi connectivity index (χ2n) is 6.54. The summed E-state index contributed by atoms with van der Waals surface area (Å²) in [4.78, 5) is 12.4. The number of carbonyl (C=O) groups excluding carboxylic acids is 1. The maximum Gasteiger partial charge on any atom is 0.260 e. The number of carbonyl (C=O) groups is 1. The van der Waals surface area contributed by atoms with Crippen molar-refractivity contribution in [1.82, 2.24) is 5.43 Å². The quantitative estimate of drug-likeness (QED) is 0.446. The van der Waals surface area contributed by atoms with Gasteiger partial charge in [0.25, 0.3) is 5.91 Å². The van der Waals surface area contributed by atoms with E-state index in [0.717, 1.165) is 21.7 Å². The fourth-order valence-corrected chi connectivity index (χ4v) is 4.51. The van der Waals surface area contributed by atoms with Gasteiger partial charge in [-0.3, -0.25) is 9.10 Å². The van der Waals surface area contributed by atoms with Gasteiger partial charge in [0.2, 0.25) is 10.0 Å². The van der Waals surface area contributed by atoms with Gasteiger partial charge in [0.15, 0.2) is 11.5 Å². The topological polar surface area (TPSA) is 97.3 Å². The number of benzene rings is 2. The molecule has 8 nitrogen and oxygen atoms in total. The smallest absolute Gasteiger partial charge is 0.260 e. The molecule has 0 atom stereocenters. The molecule has 2 aromatic carbocycles. The normalized spacial score (nSPS) is 11.4. The molecule has 0 unspecified atom stereocenters. The Morgan fingerprint density at radius 1 is 1.20 bits per heavy atom. The molecule has 0 aromatic heterocycles. The van der Waals surface area contributed by atoms with Gasteiger partial charge in [-0.1, -0.05) is 18.2 Å². The first-order valence-corrected chi connectivity index (χ1v) is 11.5. The lowest BCUT2D eigenvalue weighted by Gasteiger charge is -2.25. The molecule has 0 radical (unpaired) electrons. The van der Waals surface area contributed by atoms with Crippen LogP contribution in [0.4, 0.5) is 5.69 Å². The number of nitrogens with zero attached hydrogens (tertiary/aromatic N) is 2. The van der Waals surface area contributed by atoms with Crippen molar-refractivity contribution in [3.8, 4) is 11.5 Å². The van der Waals surface area contributed by atoms with Gasteiger partial charge < -0.3 is 9.47 Å². The second-order valence-corrected chi connectivity index (χ2v) is 9.30. The van der Waals surface area contributed by atoms with Crippen LogP contribution in [0.3, 0.4) is 0 Å². The van der Waals surface area contributed by atoms with Gasteiger partial charge in [0.05, 0.1) is 36.9 Å². The van der Waals surface area contributed by atoms with Gasteiger partial charge in [0.1, 0.15) is 6.54 Å². The number of halogens is 1. The molecule has 0 saturated carbocycles. The average Bonchev–Trinajstić information content (AvgIpc) is 2.65. The number of anilines is 1. The Labute approximate surface area is 185 Å². The van der Waals surface area contributed by atoms with Crippen LogP contribution in [0.15, 0.2) is 39.9 Å². The average molecular weight is 498 g/mol. The van der Waals surface area contributed by atoms with Crippen molar-refractivity contribution in [3.63, 3.8) is 0 Å². The van der Waals surface area contributed by atoms with E-state index < -0.39 is 22.5 Å². The zero-order chi connectivity index (χ0) is 22.5. The number of hydrogen-bond donors (Lipinski definition) is 1. The molecular weight excluding hydrogens is 474 g/mol. The second kappa shape index (κ2) is 9.94. The molecule has 0 aliphatic rings. The Balaban J connectivity index is 2.18. The van der Waals surface area contributed by atoms with E-state index in [1.54, 1.807) is 38.1 Å². The van der Waals surface area contributed by atoms with Crippen LogP contribution in [-0.2, 0) is 14.8 Å². The van der Waals surface area contributed by atoms with Crippen LogP contribution in [0.2, 0.25) is 0 Å². The number of sulfonamides is 1. The molecule has 0 aliphatic heterocycles. The Morgan fingerprint density at radius 3 is 2.37 bits per heavy atom. The first-order valence-electron chi connectivity index (χ1n) is 8.85. The molecule has 0 spiro atoms. The van der Waals surface area contributed by atoms with E-state index in [0.29, 0.717) is 27.2 Å². The summed E-state index contributed by atoms with van der Waals surface area (Å²) in [5.41, 5.74) is 5.01. The number of nitrogens with one attached hydrogen (secondary N) is 1. The number of hydrogen-bond acceptors (Lipinski definition) is 6. The minimum absolute atomic E-state index is 0.391. The van der Waals surface area contributed by atoms with Crippen LogP contribution < -0.4 is 19.2 Å². The Morgan fingerprint density at radius 2 is 1.83 bits per heavy atom. The number of methoxy groups -OCH3 is 2. The molecule has 0 fully saturated rings. The highest BCUT2D eigenvalue weighted by Crippen LogP contribution is 2.35. The summed E-state index contributed by atoms with van der Waals surface area (Å²) >= 11 is 3.39. The molecule has 10 heteroatoms. The lowest BCUT2D eigenvalue weighted by Crippen LogP contribution is -2.39. The summed E-state index contributed by atoms with van der Waals surface area (Å²) in [7, 11) is -0.631. The van der Waals surface area contributed by atoms with Gasteiger partial charge in [0, 0.05) is 0 Å². The van der Waals surface area contributed by atoms with Crippen molar-refractivity contribution in [1.29, 1.82) is 0 Å². The molecule has 0 heterocycles. The fourth-order valence-electron chi connectivity index (χ4n) is 2.92. The van der Waals surface area contributed by atoms with Crippen LogP contribution in [-0.4, -0.2) is 47.6 Å². The maximum absolute atomic E-state index is 12.4. The van der Waals surface area contributed by atoms with E-state index in [4.69, 9.17) is 9.47 Å². The van der Waals surface area contributed by atoms with Crippen LogP contribution in [0.1, 0.15) is 16.7 Å². The monoisotopic (exact) mass is 497 g/mol. The van der Waals surface area contributed by atoms with E-state index in [9.17, 15) is 13.2 Å². The molecule has 0 aliphatic carbocycles. The van der Waals surface area contributed by atoms with E-state index >= 15 is 0 Å². The van der Waals surface area contributed by atoms with E-state index in [-0.39, 0.29) is 0 Å². The summed E-state index contributed by atoms with van der Waals surface area (Å²) in [6.07, 6.45) is 2.49. The van der Waals surface area contributed by atoms with Crippen molar-refractivity contribution < 1.29 is 22.7 Å². The Kier molecular flexibility index (Phi) is 7.85. The molecule has 0 bridgehead atoms. The third-order valence-electron chi connectivity index (χ3n) is 4.24. The van der Waals surface area contributed by atoms with Gasteiger partial charge in [-0.05, 0) is 58.6 Å².